The number of amides is 1. The van der Waals surface area contributed by atoms with Gasteiger partial charge in [0, 0.05) is 0 Å². The molecule has 0 bridgehead atoms. The van der Waals surface area contributed by atoms with Crippen molar-refractivity contribution in [2.24, 2.45) is 11.7 Å². The summed E-state index contributed by atoms with van der Waals surface area (Å²) in [4.78, 5) is 12.4. The molecule has 0 heterocycles. The molecule has 0 aromatic heterocycles. The average Bonchev–Trinajstić information content (AvgIpc) is 2.29. The van der Waals surface area contributed by atoms with E-state index in [2.05, 4.69) is 12.2 Å². The number of rotatable bonds is 4. The molecule has 0 atom stereocenters. The van der Waals surface area contributed by atoms with Crippen LogP contribution < -0.4 is 11.1 Å². The summed E-state index contributed by atoms with van der Waals surface area (Å²) in [6, 6.07) is 0. The van der Waals surface area contributed by atoms with Gasteiger partial charge in [-0.1, -0.05) is 19.1 Å². The molecule has 1 fully saturated rings. The lowest BCUT2D eigenvalue weighted by Crippen LogP contribution is -2.59. The molecule has 0 aromatic carbocycles. The number of carbonyl (C=O) groups is 1. The Bertz CT molecular complexity index is 342. The van der Waals surface area contributed by atoms with Crippen LogP contribution >= 0.6 is 12.2 Å². The molecular formula is C14H26N2O2S. The van der Waals surface area contributed by atoms with E-state index in [4.69, 9.17) is 22.7 Å². The summed E-state index contributed by atoms with van der Waals surface area (Å²) >= 11 is 5.16. The van der Waals surface area contributed by atoms with E-state index in [1.165, 1.54) is 0 Å². The number of nitrogens with one attached hydrogen (secondary N) is 1. The van der Waals surface area contributed by atoms with E-state index in [-0.39, 0.29) is 18.1 Å². The van der Waals surface area contributed by atoms with Crippen molar-refractivity contribution < 1.29 is 9.53 Å². The molecule has 0 spiro atoms. The van der Waals surface area contributed by atoms with E-state index in [9.17, 15) is 4.79 Å². The van der Waals surface area contributed by atoms with Crippen molar-refractivity contribution in [3.63, 3.8) is 0 Å². The average molecular weight is 286 g/mol. The highest BCUT2D eigenvalue weighted by Crippen LogP contribution is 2.32. The number of hydrogen-bond acceptors (Lipinski definition) is 3. The van der Waals surface area contributed by atoms with Crippen LogP contribution in [0.3, 0.4) is 0 Å². The van der Waals surface area contributed by atoms with Crippen LogP contribution in [-0.4, -0.2) is 28.6 Å². The Kier molecular flexibility index (Phi) is 5.33. The summed E-state index contributed by atoms with van der Waals surface area (Å²) in [5.74, 6) is 0.530. The number of thiocarbonyl (C=S) groups is 1. The van der Waals surface area contributed by atoms with Crippen LogP contribution in [0.25, 0.3) is 0 Å². The number of nitrogens with two attached hydrogens (primary N) is 1. The molecule has 0 aliphatic heterocycles. The molecular weight excluding hydrogens is 260 g/mol. The van der Waals surface area contributed by atoms with Crippen molar-refractivity contribution in [2.45, 2.75) is 64.5 Å². The first-order valence-electron chi connectivity index (χ1n) is 6.89. The first-order valence-corrected chi connectivity index (χ1v) is 7.30. The second kappa shape index (κ2) is 6.18. The minimum atomic E-state index is -0.514. The van der Waals surface area contributed by atoms with Crippen LogP contribution in [0.1, 0.15) is 53.4 Å². The Morgan fingerprint density at radius 2 is 1.95 bits per heavy atom. The highest BCUT2D eigenvalue weighted by atomic mass is 32.1. The van der Waals surface area contributed by atoms with Crippen molar-refractivity contribution in [2.75, 3.05) is 6.61 Å². The Morgan fingerprint density at radius 3 is 2.37 bits per heavy atom. The molecule has 1 aliphatic carbocycles. The maximum absolute atomic E-state index is 12.0. The van der Waals surface area contributed by atoms with E-state index in [0.717, 1.165) is 25.7 Å². The van der Waals surface area contributed by atoms with Crippen LogP contribution in [0.2, 0.25) is 0 Å². The molecule has 19 heavy (non-hydrogen) atoms. The van der Waals surface area contributed by atoms with Gasteiger partial charge in [0.1, 0.15) is 6.61 Å². The Hall–Kier alpha value is -0.680. The summed E-state index contributed by atoms with van der Waals surface area (Å²) in [5.41, 5.74) is 5.02. The number of hydrogen-bond donors (Lipinski definition) is 2. The van der Waals surface area contributed by atoms with Crippen molar-refractivity contribution >= 4 is 23.1 Å². The van der Waals surface area contributed by atoms with E-state index in [1.807, 2.05) is 20.8 Å². The van der Waals surface area contributed by atoms with Crippen LogP contribution in [0.15, 0.2) is 0 Å². The largest absolute Gasteiger partial charge is 0.391 e. The van der Waals surface area contributed by atoms with Crippen LogP contribution in [0, 0.1) is 5.92 Å². The molecule has 0 aromatic rings. The van der Waals surface area contributed by atoms with E-state index in [1.54, 1.807) is 0 Å². The van der Waals surface area contributed by atoms with Crippen molar-refractivity contribution in [1.82, 2.24) is 5.32 Å². The van der Waals surface area contributed by atoms with Gasteiger partial charge in [-0.15, -0.1) is 0 Å². The molecule has 1 aliphatic rings. The summed E-state index contributed by atoms with van der Waals surface area (Å²) in [6.45, 7) is 8.03. The number of carbonyl (C=O) groups excluding carboxylic acids is 1. The maximum atomic E-state index is 12.0. The third-order valence-electron chi connectivity index (χ3n) is 3.61. The van der Waals surface area contributed by atoms with Crippen molar-refractivity contribution in [3.8, 4) is 0 Å². The molecule has 1 rings (SSSR count). The smallest absolute Gasteiger partial charge is 0.246 e. The standard InChI is InChI=1S/C14H26N2O2S/c1-10-5-7-14(8-6-10,12(15)19)16-11(17)9-18-13(2,3)4/h10H,5-9H2,1-4H3,(H2,15,19)(H,16,17). The summed E-state index contributed by atoms with van der Waals surface area (Å²) in [5, 5.41) is 2.99. The van der Waals surface area contributed by atoms with Gasteiger partial charge in [-0.25, -0.2) is 0 Å². The highest BCUT2D eigenvalue weighted by molar-refractivity contribution is 7.80. The van der Waals surface area contributed by atoms with E-state index < -0.39 is 5.54 Å². The molecule has 0 radical (unpaired) electrons. The Labute approximate surface area is 121 Å². The summed E-state index contributed by atoms with van der Waals surface area (Å²) in [7, 11) is 0. The SMILES string of the molecule is CC1CCC(NC(=O)COC(C)(C)C)(C(N)=S)CC1. The maximum Gasteiger partial charge on any atom is 0.246 e. The van der Waals surface area contributed by atoms with Crippen molar-refractivity contribution in [3.05, 3.63) is 0 Å². The van der Waals surface area contributed by atoms with Crippen molar-refractivity contribution in [1.29, 1.82) is 0 Å². The van der Waals surface area contributed by atoms with Gasteiger partial charge in [-0.3, -0.25) is 4.79 Å². The fourth-order valence-electron chi connectivity index (χ4n) is 2.27. The first-order chi connectivity index (χ1) is 8.65. The normalized spacial score (nSPS) is 27.9. The second-order valence-electron chi connectivity index (χ2n) is 6.58. The molecule has 5 heteroatoms. The molecule has 3 N–H and O–H groups in total. The fourth-order valence-corrected chi connectivity index (χ4v) is 2.53. The summed E-state index contributed by atoms with van der Waals surface area (Å²) in [6.07, 6.45) is 3.73. The predicted molar refractivity (Wildman–Crippen MR) is 81.0 cm³/mol. The molecule has 4 nitrogen and oxygen atoms in total. The van der Waals surface area contributed by atoms with E-state index in [0.29, 0.717) is 10.9 Å². The van der Waals surface area contributed by atoms with Gasteiger partial charge in [-0.2, -0.15) is 0 Å². The van der Waals surface area contributed by atoms with Gasteiger partial charge in [0.05, 0.1) is 16.1 Å². The minimum Gasteiger partial charge on any atom is -0.391 e. The third-order valence-corrected chi connectivity index (χ3v) is 4.01. The Balaban J connectivity index is 2.59. The van der Waals surface area contributed by atoms with Gasteiger partial charge in [0.2, 0.25) is 5.91 Å². The predicted octanol–water partition coefficient (Wildman–Crippen LogP) is 2.15. The van der Waals surface area contributed by atoms with E-state index >= 15 is 0 Å². The van der Waals surface area contributed by atoms with Gasteiger partial charge < -0.3 is 15.8 Å². The molecule has 0 saturated heterocycles. The zero-order valence-corrected chi connectivity index (χ0v) is 13.2. The quantitative estimate of drug-likeness (QED) is 0.777. The summed E-state index contributed by atoms with van der Waals surface area (Å²) < 4.78 is 5.48. The zero-order chi connectivity index (χ0) is 14.7. The first kappa shape index (κ1) is 16.4. The topological polar surface area (TPSA) is 64.3 Å². The third kappa shape index (κ3) is 5.07. The highest BCUT2D eigenvalue weighted by Gasteiger charge is 2.38. The van der Waals surface area contributed by atoms with Crippen LogP contribution in [0.4, 0.5) is 0 Å². The lowest BCUT2D eigenvalue weighted by atomic mass is 9.77. The lowest BCUT2D eigenvalue weighted by molar-refractivity contribution is -0.132. The monoisotopic (exact) mass is 286 g/mol. The molecule has 1 amide bonds. The van der Waals surface area contributed by atoms with Gasteiger partial charge in [0.25, 0.3) is 0 Å². The van der Waals surface area contributed by atoms with Gasteiger partial charge in [-0.05, 0) is 52.4 Å². The lowest BCUT2D eigenvalue weighted by Gasteiger charge is -2.39. The minimum absolute atomic E-state index is 0.0451. The second-order valence-corrected chi connectivity index (χ2v) is 7.02. The van der Waals surface area contributed by atoms with Gasteiger partial charge >= 0.3 is 0 Å². The molecule has 1 saturated carbocycles. The number of ether oxygens (including phenoxy) is 1. The van der Waals surface area contributed by atoms with Gasteiger partial charge in [0.15, 0.2) is 0 Å². The van der Waals surface area contributed by atoms with Crippen LogP contribution in [0.5, 0.6) is 0 Å². The van der Waals surface area contributed by atoms with Crippen LogP contribution in [-0.2, 0) is 9.53 Å². The molecule has 0 unspecified atom stereocenters. The Morgan fingerprint density at radius 1 is 1.42 bits per heavy atom. The molecule has 110 valence electrons. The fraction of sp³-hybridized carbons (Fsp3) is 0.857. The zero-order valence-electron chi connectivity index (χ0n) is 12.4.